The Bertz CT molecular complexity index is 387. The number of hydrogen-bond donors (Lipinski definition) is 1. The molecule has 1 amide bonds. The minimum atomic E-state index is 0.0816. The molecule has 1 aliphatic carbocycles. The van der Waals surface area contributed by atoms with Crippen LogP contribution < -0.4 is 5.32 Å². The first-order valence-electron chi connectivity index (χ1n) is 6.18. The van der Waals surface area contributed by atoms with Crippen LogP contribution >= 0.6 is 27.3 Å². The Labute approximate surface area is 115 Å². The smallest absolute Gasteiger partial charge is 0.227 e. The second kappa shape index (κ2) is 6.01. The number of aryl methyl sites for hydroxylation is 1. The van der Waals surface area contributed by atoms with E-state index in [1.807, 2.05) is 0 Å². The Morgan fingerprint density at radius 2 is 2.53 bits per heavy atom. The Morgan fingerprint density at radius 1 is 1.71 bits per heavy atom. The van der Waals surface area contributed by atoms with Crippen molar-refractivity contribution in [3.8, 4) is 0 Å². The molecular formula is C13H18BrNOS. The average molecular weight is 316 g/mol. The first-order chi connectivity index (χ1) is 8.26. The van der Waals surface area contributed by atoms with Crippen molar-refractivity contribution in [3.05, 3.63) is 21.9 Å². The van der Waals surface area contributed by atoms with E-state index in [4.69, 9.17) is 0 Å². The van der Waals surface area contributed by atoms with Gasteiger partial charge in [-0.3, -0.25) is 4.79 Å². The Morgan fingerprint density at radius 3 is 3.24 bits per heavy atom. The molecule has 1 N–H and O–H groups in total. The third-order valence-corrected chi connectivity index (χ3v) is 5.17. The SMILES string of the molecule is CCC(CBr)NC(=O)C1CCCc2sccc21. The fourth-order valence-corrected chi connectivity index (χ4v) is 3.92. The Kier molecular flexibility index (Phi) is 4.62. The van der Waals surface area contributed by atoms with Crippen LogP contribution in [0.2, 0.25) is 0 Å². The molecule has 17 heavy (non-hydrogen) atoms. The van der Waals surface area contributed by atoms with E-state index in [-0.39, 0.29) is 17.9 Å². The van der Waals surface area contributed by atoms with Crippen LogP contribution in [0.1, 0.15) is 42.5 Å². The quantitative estimate of drug-likeness (QED) is 0.847. The van der Waals surface area contributed by atoms with E-state index in [9.17, 15) is 4.79 Å². The molecule has 0 aromatic carbocycles. The molecule has 0 fully saturated rings. The number of carbonyl (C=O) groups excluding carboxylic acids is 1. The van der Waals surface area contributed by atoms with Crippen LogP contribution in [0.4, 0.5) is 0 Å². The third kappa shape index (κ3) is 2.91. The summed E-state index contributed by atoms with van der Waals surface area (Å²) in [6, 6.07) is 2.38. The molecule has 2 rings (SSSR count). The largest absolute Gasteiger partial charge is 0.352 e. The lowest BCUT2D eigenvalue weighted by atomic mass is 9.87. The topological polar surface area (TPSA) is 29.1 Å². The van der Waals surface area contributed by atoms with Crippen LogP contribution in [0.15, 0.2) is 11.4 Å². The van der Waals surface area contributed by atoms with Crippen LogP contribution in [0.5, 0.6) is 0 Å². The van der Waals surface area contributed by atoms with E-state index in [0.717, 1.165) is 31.0 Å². The molecule has 0 spiro atoms. The second-order valence-corrected chi connectivity index (χ2v) is 6.16. The highest BCUT2D eigenvalue weighted by Gasteiger charge is 2.28. The number of halogens is 1. The molecule has 1 aliphatic rings. The molecule has 0 saturated carbocycles. The van der Waals surface area contributed by atoms with Crippen LogP contribution in [-0.4, -0.2) is 17.3 Å². The fraction of sp³-hybridized carbons (Fsp3) is 0.615. The molecule has 0 saturated heterocycles. The maximum atomic E-state index is 12.3. The van der Waals surface area contributed by atoms with Crippen molar-refractivity contribution in [2.24, 2.45) is 0 Å². The summed E-state index contributed by atoms with van der Waals surface area (Å²) in [6.07, 6.45) is 4.25. The van der Waals surface area contributed by atoms with Crippen molar-refractivity contribution in [1.29, 1.82) is 0 Å². The van der Waals surface area contributed by atoms with E-state index < -0.39 is 0 Å². The van der Waals surface area contributed by atoms with E-state index >= 15 is 0 Å². The molecule has 0 radical (unpaired) electrons. The lowest BCUT2D eigenvalue weighted by Crippen LogP contribution is -2.39. The van der Waals surface area contributed by atoms with Gasteiger partial charge in [0.15, 0.2) is 0 Å². The predicted molar refractivity (Wildman–Crippen MR) is 76.0 cm³/mol. The molecule has 0 bridgehead atoms. The van der Waals surface area contributed by atoms with Crippen LogP contribution in [-0.2, 0) is 11.2 Å². The molecule has 2 atom stereocenters. The van der Waals surface area contributed by atoms with Crippen LogP contribution in [0, 0.1) is 0 Å². The highest BCUT2D eigenvalue weighted by atomic mass is 79.9. The number of rotatable bonds is 4. The van der Waals surface area contributed by atoms with Gasteiger partial charge in [0.2, 0.25) is 5.91 Å². The van der Waals surface area contributed by atoms with Crippen LogP contribution in [0.3, 0.4) is 0 Å². The summed E-state index contributed by atoms with van der Waals surface area (Å²) in [5, 5.41) is 6.08. The number of hydrogen-bond acceptors (Lipinski definition) is 2. The predicted octanol–water partition coefficient (Wildman–Crippen LogP) is 3.46. The Balaban J connectivity index is 2.07. The van der Waals surface area contributed by atoms with Gasteiger partial charge in [-0.15, -0.1) is 11.3 Å². The van der Waals surface area contributed by atoms with Gasteiger partial charge >= 0.3 is 0 Å². The standard InChI is InChI=1S/C13H18BrNOS/c1-2-9(8-14)15-13(16)11-4-3-5-12-10(11)6-7-17-12/h6-7,9,11H,2-5,8H2,1H3,(H,15,16). The molecule has 94 valence electrons. The zero-order valence-electron chi connectivity index (χ0n) is 10.0. The number of alkyl halides is 1. The van der Waals surface area contributed by atoms with Gasteiger partial charge in [-0.1, -0.05) is 22.9 Å². The summed E-state index contributed by atoms with van der Waals surface area (Å²) in [4.78, 5) is 13.7. The molecule has 1 aromatic heterocycles. The zero-order chi connectivity index (χ0) is 12.3. The molecule has 4 heteroatoms. The van der Waals surface area contributed by atoms with Gasteiger partial charge in [0.05, 0.1) is 5.92 Å². The number of thiophene rings is 1. The average Bonchev–Trinajstić information content (AvgIpc) is 2.83. The second-order valence-electron chi connectivity index (χ2n) is 4.51. The van der Waals surface area contributed by atoms with Gasteiger partial charge in [0.25, 0.3) is 0 Å². The molecule has 0 aliphatic heterocycles. The first-order valence-corrected chi connectivity index (χ1v) is 8.19. The van der Waals surface area contributed by atoms with Crippen molar-refractivity contribution < 1.29 is 4.79 Å². The minimum Gasteiger partial charge on any atom is -0.352 e. The van der Waals surface area contributed by atoms with Gasteiger partial charge in [0.1, 0.15) is 0 Å². The molecule has 1 heterocycles. The molecule has 1 aromatic rings. The maximum Gasteiger partial charge on any atom is 0.227 e. The lowest BCUT2D eigenvalue weighted by molar-refractivity contribution is -0.123. The van der Waals surface area contributed by atoms with Gasteiger partial charge < -0.3 is 5.32 Å². The first kappa shape index (κ1) is 13.1. The summed E-state index contributed by atoms with van der Waals surface area (Å²) in [5.74, 6) is 0.286. The highest BCUT2D eigenvalue weighted by molar-refractivity contribution is 9.09. The number of carbonyl (C=O) groups is 1. The van der Waals surface area contributed by atoms with Gasteiger partial charge in [-0.25, -0.2) is 0 Å². The number of fused-ring (bicyclic) bond motifs is 1. The summed E-state index contributed by atoms with van der Waals surface area (Å²) < 4.78 is 0. The molecular weight excluding hydrogens is 298 g/mol. The van der Waals surface area contributed by atoms with Crippen LogP contribution in [0.25, 0.3) is 0 Å². The minimum absolute atomic E-state index is 0.0816. The summed E-state index contributed by atoms with van der Waals surface area (Å²) in [6.45, 7) is 2.10. The normalized spacial score (nSPS) is 20.7. The zero-order valence-corrected chi connectivity index (χ0v) is 12.4. The summed E-state index contributed by atoms with van der Waals surface area (Å²) in [5.41, 5.74) is 1.27. The molecule has 2 unspecified atom stereocenters. The fourth-order valence-electron chi connectivity index (χ4n) is 2.31. The van der Waals surface area contributed by atoms with E-state index in [1.165, 1.54) is 10.4 Å². The monoisotopic (exact) mass is 315 g/mol. The van der Waals surface area contributed by atoms with Crippen molar-refractivity contribution in [1.82, 2.24) is 5.32 Å². The summed E-state index contributed by atoms with van der Waals surface area (Å²) in [7, 11) is 0. The van der Waals surface area contributed by atoms with Crippen molar-refractivity contribution in [2.75, 3.05) is 5.33 Å². The molecule has 2 nitrogen and oxygen atoms in total. The number of amides is 1. The van der Waals surface area contributed by atoms with E-state index in [1.54, 1.807) is 11.3 Å². The number of nitrogens with one attached hydrogen (secondary N) is 1. The van der Waals surface area contributed by atoms with Gasteiger partial charge in [-0.05, 0) is 42.7 Å². The van der Waals surface area contributed by atoms with E-state index in [2.05, 4.69) is 39.6 Å². The van der Waals surface area contributed by atoms with Gasteiger partial charge in [-0.2, -0.15) is 0 Å². The Hall–Kier alpha value is -0.350. The van der Waals surface area contributed by atoms with Crippen molar-refractivity contribution >= 4 is 33.2 Å². The highest BCUT2D eigenvalue weighted by Crippen LogP contribution is 2.35. The van der Waals surface area contributed by atoms with Crippen molar-refractivity contribution in [2.45, 2.75) is 44.6 Å². The van der Waals surface area contributed by atoms with E-state index in [0.29, 0.717) is 0 Å². The van der Waals surface area contributed by atoms with Crippen molar-refractivity contribution in [3.63, 3.8) is 0 Å². The summed E-state index contributed by atoms with van der Waals surface area (Å²) >= 11 is 5.23. The third-order valence-electron chi connectivity index (χ3n) is 3.39. The lowest BCUT2D eigenvalue weighted by Gasteiger charge is -2.24. The maximum absolute atomic E-state index is 12.3. The van der Waals surface area contributed by atoms with Gasteiger partial charge in [0, 0.05) is 16.2 Å².